The highest BCUT2D eigenvalue weighted by molar-refractivity contribution is 7.92. The summed E-state index contributed by atoms with van der Waals surface area (Å²) in [5.41, 5.74) is 2.13. The molecule has 5 heteroatoms. The Morgan fingerprint density at radius 3 is 2.56 bits per heavy atom. The van der Waals surface area contributed by atoms with Crippen molar-refractivity contribution in [1.82, 2.24) is 4.90 Å². The SMILES string of the molecule is CC1(c2cccc(NS(C)(=O)=O)c2)C2CN(C/C=C/C3CCCCC3)CC21. The number of benzene rings is 1. The second kappa shape index (κ2) is 7.25. The smallest absolute Gasteiger partial charge is 0.229 e. The molecule has 0 spiro atoms. The first-order chi connectivity index (χ1) is 12.9. The molecule has 2 atom stereocenters. The quantitative estimate of drug-likeness (QED) is 0.749. The monoisotopic (exact) mass is 388 g/mol. The van der Waals surface area contributed by atoms with E-state index in [9.17, 15) is 8.42 Å². The molecule has 2 unspecified atom stereocenters. The Kier molecular flexibility index (Phi) is 5.10. The predicted molar refractivity (Wildman–Crippen MR) is 111 cm³/mol. The van der Waals surface area contributed by atoms with Crippen molar-refractivity contribution in [3.63, 3.8) is 0 Å². The van der Waals surface area contributed by atoms with Gasteiger partial charge in [0.05, 0.1) is 6.26 Å². The van der Waals surface area contributed by atoms with Gasteiger partial charge >= 0.3 is 0 Å². The minimum atomic E-state index is -3.23. The Balaban J connectivity index is 1.33. The molecule has 1 aliphatic heterocycles. The van der Waals surface area contributed by atoms with Gasteiger partial charge in [0.1, 0.15) is 0 Å². The van der Waals surface area contributed by atoms with Gasteiger partial charge in [-0.1, -0.05) is 50.5 Å². The number of allylic oxidation sites excluding steroid dienone is 1. The number of sulfonamides is 1. The van der Waals surface area contributed by atoms with Gasteiger partial charge in [-0.15, -0.1) is 0 Å². The van der Waals surface area contributed by atoms with Crippen molar-refractivity contribution in [3.8, 4) is 0 Å². The summed E-state index contributed by atoms with van der Waals surface area (Å²) in [5.74, 6) is 2.19. The van der Waals surface area contributed by atoms with Crippen LogP contribution in [0.2, 0.25) is 0 Å². The van der Waals surface area contributed by atoms with Crippen molar-refractivity contribution in [2.24, 2.45) is 17.8 Å². The van der Waals surface area contributed by atoms with Gasteiger partial charge in [-0.2, -0.15) is 0 Å². The van der Waals surface area contributed by atoms with Crippen molar-refractivity contribution >= 4 is 15.7 Å². The lowest BCUT2D eigenvalue weighted by molar-refractivity contribution is 0.303. The van der Waals surface area contributed by atoms with E-state index in [2.05, 4.69) is 34.8 Å². The third kappa shape index (κ3) is 4.09. The number of piperidine rings is 1. The van der Waals surface area contributed by atoms with Crippen LogP contribution in [0.3, 0.4) is 0 Å². The van der Waals surface area contributed by atoms with E-state index < -0.39 is 10.0 Å². The average Bonchev–Trinajstić information content (AvgIpc) is 2.98. The van der Waals surface area contributed by atoms with Crippen LogP contribution < -0.4 is 4.72 Å². The maximum absolute atomic E-state index is 11.5. The number of nitrogens with zero attached hydrogens (tertiary/aromatic N) is 1. The van der Waals surface area contributed by atoms with Gasteiger partial charge in [-0.05, 0) is 48.3 Å². The molecule has 4 nitrogen and oxygen atoms in total. The van der Waals surface area contributed by atoms with Gasteiger partial charge < -0.3 is 0 Å². The van der Waals surface area contributed by atoms with Crippen LogP contribution in [0.25, 0.3) is 0 Å². The largest absolute Gasteiger partial charge is 0.299 e. The molecule has 1 aromatic rings. The summed E-state index contributed by atoms with van der Waals surface area (Å²) < 4.78 is 25.6. The summed E-state index contributed by atoms with van der Waals surface area (Å²) in [7, 11) is -3.23. The van der Waals surface area contributed by atoms with Gasteiger partial charge in [-0.25, -0.2) is 8.42 Å². The van der Waals surface area contributed by atoms with Crippen LogP contribution in [0, 0.1) is 17.8 Å². The minimum Gasteiger partial charge on any atom is -0.299 e. The van der Waals surface area contributed by atoms with E-state index in [0.29, 0.717) is 17.5 Å². The molecule has 148 valence electrons. The van der Waals surface area contributed by atoms with Crippen LogP contribution >= 0.6 is 0 Å². The van der Waals surface area contributed by atoms with Crippen LogP contribution in [0.1, 0.15) is 44.6 Å². The molecule has 3 aliphatic rings. The van der Waals surface area contributed by atoms with E-state index in [1.54, 1.807) is 0 Å². The lowest BCUT2D eigenvalue weighted by Gasteiger charge is -2.24. The molecule has 0 bridgehead atoms. The standard InChI is InChI=1S/C22H32N2O2S/c1-22(18-11-6-12-19(14-18)23-27(2,25)26)20-15-24(16-21(20)22)13-7-10-17-8-4-3-5-9-17/h6-7,10-12,14,17,20-21,23H,3-5,8-9,13,15-16H2,1-2H3/b10-7+. The van der Waals surface area contributed by atoms with Crippen LogP contribution in [-0.2, 0) is 15.4 Å². The molecule has 1 saturated heterocycles. The lowest BCUT2D eigenvalue weighted by Crippen LogP contribution is -2.29. The first-order valence-electron chi connectivity index (χ1n) is 10.3. The molecule has 1 aromatic carbocycles. The van der Waals surface area contributed by atoms with Crippen LogP contribution in [0.5, 0.6) is 0 Å². The molecule has 0 aromatic heterocycles. The van der Waals surface area contributed by atoms with Crippen LogP contribution in [-0.4, -0.2) is 39.2 Å². The summed E-state index contributed by atoms with van der Waals surface area (Å²) in [5, 5.41) is 0. The fraction of sp³-hybridized carbons (Fsp3) is 0.636. The molecular weight excluding hydrogens is 356 g/mol. The Bertz CT molecular complexity index is 799. The highest BCUT2D eigenvalue weighted by atomic mass is 32.2. The number of anilines is 1. The fourth-order valence-electron chi connectivity index (χ4n) is 5.40. The van der Waals surface area contributed by atoms with E-state index in [0.717, 1.165) is 25.6 Å². The normalized spacial score (nSPS) is 31.9. The zero-order valence-corrected chi connectivity index (χ0v) is 17.3. The van der Waals surface area contributed by atoms with Gasteiger partial charge in [0, 0.05) is 30.7 Å². The number of fused-ring (bicyclic) bond motifs is 1. The maximum Gasteiger partial charge on any atom is 0.229 e. The maximum atomic E-state index is 11.5. The zero-order chi connectivity index (χ0) is 19.1. The highest BCUT2D eigenvalue weighted by Crippen LogP contribution is 2.63. The molecule has 0 amide bonds. The summed E-state index contributed by atoms with van der Waals surface area (Å²) in [6, 6.07) is 7.97. The second-order valence-corrected chi connectivity index (χ2v) is 10.7. The molecule has 27 heavy (non-hydrogen) atoms. The lowest BCUT2D eigenvalue weighted by atomic mass is 9.89. The fourth-order valence-corrected chi connectivity index (χ4v) is 5.96. The van der Waals surface area contributed by atoms with Crippen LogP contribution in [0.4, 0.5) is 5.69 Å². The Morgan fingerprint density at radius 1 is 1.19 bits per heavy atom. The third-order valence-electron chi connectivity index (χ3n) is 7.04. The van der Waals surface area contributed by atoms with E-state index in [4.69, 9.17) is 0 Å². The Labute approximate surface area is 164 Å². The van der Waals surface area contributed by atoms with Crippen molar-refractivity contribution in [2.75, 3.05) is 30.6 Å². The van der Waals surface area contributed by atoms with Gasteiger partial charge in [0.25, 0.3) is 0 Å². The van der Waals surface area contributed by atoms with E-state index in [1.807, 2.05) is 18.2 Å². The third-order valence-corrected chi connectivity index (χ3v) is 7.64. The van der Waals surface area contributed by atoms with E-state index in [-0.39, 0.29) is 5.41 Å². The predicted octanol–water partition coefficient (Wildman–Crippen LogP) is 4.01. The number of hydrogen-bond donors (Lipinski definition) is 1. The molecule has 2 saturated carbocycles. The molecule has 4 rings (SSSR count). The summed E-state index contributed by atoms with van der Waals surface area (Å²) in [6.45, 7) is 5.73. The first-order valence-corrected chi connectivity index (χ1v) is 12.2. The Morgan fingerprint density at radius 2 is 1.89 bits per heavy atom. The molecule has 0 radical (unpaired) electrons. The van der Waals surface area contributed by atoms with Crippen LogP contribution in [0.15, 0.2) is 36.4 Å². The molecule has 3 fully saturated rings. The summed E-state index contributed by atoms with van der Waals surface area (Å²) in [4.78, 5) is 2.58. The minimum absolute atomic E-state index is 0.193. The van der Waals surface area contributed by atoms with Gasteiger partial charge in [0.2, 0.25) is 10.0 Å². The van der Waals surface area contributed by atoms with Crippen molar-refractivity contribution in [3.05, 3.63) is 42.0 Å². The molecular formula is C22H32N2O2S. The van der Waals surface area contributed by atoms with Crippen molar-refractivity contribution in [1.29, 1.82) is 0 Å². The van der Waals surface area contributed by atoms with Gasteiger partial charge in [-0.3, -0.25) is 9.62 Å². The second-order valence-electron chi connectivity index (χ2n) is 9.00. The van der Waals surface area contributed by atoms with Crippen molar-refractivity contribution in [2.45, 2.75) is 44.4 Å². The number of rotatable bonds is 6. The number of nitrogens with one attached hydrogen (secondary N) is 1. The Hall–Kier alpha value is -1.33. The molecule has 1 N–H and O–H groups in total. The highest BCUT2D eigenvalue weighted by Gasteiger charge is 2.65. The van der Waals surface area contributed by atoms with E-state index in [1.165, 1.54) is 43.9 Å². The summed E-state index contributed by atoms with van der Waals surface area (Å²) in [6.07, 6.45) is 13.0. The van der Waals surface area contributed by atoms with Gasteiger partial charge in [0.15, 0.2) is 0 Å². The topological polar surface area (TPSA) is 49.4 Å². The first kappa shape index (κ1) is 19.0. The van der Waals surface area contributed by atoms with E-state index >= 15 is 0 Å². The number of hydrogen-bond acceptors (Lipinski definition) is 3. The zero-order valence-electron chi connectivity index (χ0n) is 16.5. The van der Waals surface area contributed by atoms with Crippen molar-refractivity contribution < 1.29 is 8.42 Å². The molecule has 2 aliphatic carbocycles. The average molecular weight is 389 g/mol. The molecule has 1 heterocycles. The number of likely N-dealkylation sites (tertiary alicyclic amines) is 1. The summed E-state index contributed by atoms with van der Waals surface area (Å²) >= 11 is 0.